The first kappa shape index (κ1) is 48.0. The molecule has 0 rings (SSSR count). The molecule has 0 bridgehead atoms. The number of nitrogens with zero attached hydrogens (tertiary/aromatic N) is 1. The van der Waals surface area contributed by atoms with Crippen molar-refractivity contribution in [1.29, 1.82) is 0 Å². The maximum Gasteiger partial charge on any atom is 0.326 e. The largest absolute Gasteiger partial charge is 0.481 e. The lowest BCUT2D eigenvalue weighted by Crippen LogP contribution is -2.59. The number of hydrogen-bond acceptors (Lipinski definition) is 10. The Morgan fingerprint density at radius 3 is 1.32 bits per heavy atom. The second-order valence-electron chi connectivity index (χ2n) is 14.1. The number of aliphatic imine (C=N–C) groups is 1. The van der Waals surface area contributed by atoms with E-state index in [0.717, 1.165) is 0 Å². The van der Waals surface area contributed by atoms with Crippen molar-refractivity contribution in [3.63, 3.8) is 0 Å². The van der Waals surface area contributed by atoms with Gasteiger partial charge in [0.2, 0.25) is 29.5 Å². The number of nitrogens with two attached hydrogens (primary N) is 3. The van der Waals surface area contributed by atoms with Crippen LogP contribution >= 0.6 is 0 Å². The van der Waals surface area contributed by atoms with Crippen molar-refractivity contribution in [2.24, 2.45) is 39.9 Å². The number of carbonyl (C=O) groups excluding carboxylic acids is 5. The topological polar surface area (TPSA) is 348 Å². The molecule has 0 radical (unpaired) electrons. The third kappa shape index (κ3) is 21.2. The second-order valence-corrected chi connectivity index (χ2v) is 14.1. The van der Waals surface area contributed by atoms with E-state index in [9.17, 15) is 48.6 Å². The zero-order valence-corrected chi connectivity index (χ0v) is 31.3. The highest BCUT2D eigenvalue weighted by atomic mass is 16.4. The summed E-state index contributed by atoms with van der Waals surface area (Å²) in [6.07, 6.45) is -1.29. The molecular weight excluding hydrogens is 698 g/mol. The van der Waals surface area contributed by atoms with Crippen molar-refractivity contribution in [2.75, 3.05) is 6.54 Å². The van der Waals surface area contributed by atoms with Crippen LogP contribution in [-0.2, 0) is 38.4 Å². The Bertz CT molecular complexity index is 1300. The Kier molecular flexibility index (Phi) is 22.0. The standard InChI is InChI=1S/C33H59N9O11/c1-16(2)12-22(40-27(47)19(34)15-26(45)46)30(50)39-21(9-10-25(43)44)29(49)41-23(13-17(3)4)31(51)38-20(8-7-11-37-33(35)36)28(48)42-24(32(52)53)14-18(5)6/h16-24H,7-15,34H2,1-6H3,(H,38,51)(H,39,50)(H,40,47)(H,41,49)(H,42,48)(H,43,44)(H,45,46)(H,52,53)(H4,35,36,37)/t19-,20-,21-,22-,23-,24-/m0/s1. The van der Waals surface area contributed by atoms with Gasteiger partial charge in [-0.2, -0.15) is 0 Å². The predicted octanol–water partition coefficient (Wildman–Crippen LogP) is -1.65. The van der Waals surface area contributed by atoms with E-state index in [1.807, 2.05) is 0 Å². The maximum absolute atomic E-state index is 13.7. The molecule has 0 aromatic carbocycles. The van der Waals surface area contributed by atoms with E-state index in [4.69, 9.17) is 22.3 Å². The fourth-order valence-corrected chi connectivity index (χ4v) is 5.06. The molecule has 6 atom stereocenters. The van der Waals surface area contributed by atoms with Crippen LogP contribution in [-0.4, -0.2) is 112 Å². The third-order valence-electron chi connectivity index (χ3n) is 7.59. The third-order valence-corrected chi connectivity index (χ3v) is 7.59. The summed E-state index contributed by atoms with van der Waals surface area (Å²) < 4.78 is 0. The molecule has 0 aliphatic rings. The minimum Gasteiger partial charge on any atom is -0.481 e. The average molecular weight is 758 g/mol. The van der Waals surface area contributed by atoms with E-state index in [1.165, 1.54) is 0 Å². The Balaban J connectivity index is 6.34. The number of aliphatic carboxylic acids is 3. The quantitative estimate of drug-likeness (QED) is 0.0268. The van der Waals surface area contributed by atoms with Gasteiger partial charge < -0.3 is 59.1 Å². The summed E-state index contributed by atoms with van der Waals surface area (Å²) in [5.74, 6) is -8.89. The molecule has 0 aliphatic carbocycles. The number of hydrogen-bond donors (Lipinski definition) is 11. The molecule has 0 fully saturated rings. The number of rotatable bonds is 26. The second kappa shape index (κ2) is 24.3. The van der Waals surface area contributed by atoms with Crippen molar-refractivity contribution < 1.29 is 53.7 Å². The van der Waals surface area contributed by atoms with Gasteiger partial charge in [0.25, 0.3) is 0 Å². The van der Waals surface area contributed by atoms with Gasteiger partial charge in [0.1, 0.15) is 30.2 Å². The number of nitrogens with one attached hydrogen (secondary N) is 5. The molecule has 0 heterocycles. The first-order valence-electron chi connectivity index (χ1n) is 17.5. The van der Waals surface area contributed by atoms with Crippen molar-refractivity contribution in [2.45, 2.75) is 129 Å². The van der Waals surface area contributed by atoms with Crippen molar-refractivity contribution in [3.05, 3.63) is 0 Å². The lowest BCUT2D eigenvalue weighted by atomic mass is 10.00. The SMILES string of the molecule is CC(C)C[C@H](NC(=O)[C@H](CCCN=C(N)N)NC(=O)[C@H](CC(C)C)NC(=O)[C@H](CCC(=O)O)NC(=O)[C@H](CC(C)C)NC(=O)[C@@H](N)CC(=O)O)C(=O)O. The van der Waals surface area contributed by atoms with Crippen molar-refractivity contribution in [1.82, 2.24) is 26.6 Å². The van der Waals surface area contributed by atoms with Crippen LogP contribution in [0.2, 0.25) is 0 Å². The highest BCUT2D eigenvalue weighted by Gasteiger charge is 2.34. The zero-order valence-electron chi connectivity index (χ0n) is 31.3. The fourth-order valence-electron chi connectivity index (χ4n) is 5.06. The smallest absolute Gasteiger partial charge is 0.326 e. The Labute approximate surface area is 309 Å². The van der Waals surface area contributed by atoms with Crippen LogP contribution < -0.4 is 43.8 Å². The van der Waals surface area contributed by atoms with Crippen LogP contribution in [0.3, 0.4) is 0 Å². The number of carboxylic acids is 3. The summed E-state index contributed by atoms with van der Waals surface area (Å²) >= 11 is 0. The van der Waals surface area contributed by atoms with Crippen LogP contribution in [0.1, 0.15) is 92.9 Å². The predicted molar refractivity (Wildman–Crippen MR) is 193 cm³/mol. The van der Waals surface area contributed by atoms with Gasteiger partial charge in [0.05, 0.1) is 12.5 Å². The summed E-state index contributed by atoms with van der Waals surface area (Å²) in [5, 5.41) is 40.4. The molecule has 0 aromatic heterocycles. The molecule has 0 aromatic rings. The first-order valence-corrected chi connectivity index (χ1v) is 17.5. The van der Waals surface area contributed by atoms with E-state index in [2.05, 4.69) is 31.6 Å². The minimum absolute atomic E-state index is 0.0128. The van der Waals surface area contributed by atoms with Gasteiger partial charge >= 0.3 is 17.9 Å². The molecule has 20 nitrogen and oxygen atoms in total. The van der Waals surface area contributed by atoms with E-state index in [-0.39, 0.29) is 62.4 Å². The highest BCUT2D eigenvalue weighted by Crippen LogP contribution is 2.12. The lowest BCUT2D eigenvalue weighted by molar-refractivity contribution is -0.143. The molecule has 53 heavy (non-hydrogen) atoms. The Hall–Kier alpha value is -5.01. The summed E-state index contributed by atoms with van der Waals surface area (Å²) in [4.78, 5) is 105. The molecule has 0 saturated heterocycles. The molecule has 0 spiro atoms. The lowest BCUT2D eigenvalue weighted by Gasteiger charge is -2.28. The van der Waals surface area contributed by atoms with Crippen molar-refractivity contribution in [3.8, 4) is 0 Å². The van der Waals surface area contributed by atoms with Gasteiger partial charge in [-0.25, -0.2) is 4.79 Å². The molecule has 5 amide bonds. The Morgan fingerprint density at radius 2 is 0.925 bits per heavy atom. The minimum atomic E-state index is -1.51. The highest BCUT2D eigenvalue weighted by molar-refractivity contribution is 5.96. The van der Waals surface area contributed by atoms with Gasteiger partial charge in [0, 0.05) is 13.0 Å². The molecule has 14 N–H and O–H groups in total. The molecule has 0 saturated carbocycles. The fraction of sp³-hybridized carbons (Fsp3) is 0.727. The van der Waals surface area contributed by atoms with Crippen LogP contribution in [0.4, 0.5) is 0 Å². The first-order chi connectivity index (χ1) is 24.5. The van der Waals surface area contributed by atoms with E-state index < -0.39 is 103 Å². The molecule has 0 aliphatic heterocycles. The monoisotopic (exact) mass is 757 g/mol. The maximum atomic E-state index is 13.7. The van der Waals surface area contributed by atoms with Gasteiger partial charge in [0.15, 0.2) is 5.96 Å². The van der Waals surface area contributed by atoms with E-state index in [1.54, 1.807) is 41.5 Å². The van der Waals surface area contributed by atoms with Crippen LogP contribution in [0, 0.1) is 17.8 Å². The average Bonchev–Trinajstić information content (AvgIpc) is 3.01. The molecular formula is C33H59N9O11. The summed E-state index contributed by atoms with van der Waals surface area (Å²) in [5.41, 5.74) is 16.4. The molecule has 20 heteroatoms. The Morgan fingerprint density at radius 1 is 0.547 bits per heavy atom. The van der Waals surface area contributed by atoms with E-state index in [0.29, 0.717) is 0 Å². The molecule has 0 unspecified atom stereocenters. The number of carboxylic acid groups (broad SMARTS) is 3. The van der Waals surface area contributed by atoms with Crippen LogP contribution in [0.25, 0.3) is 0 Å². The number of carbonyl (C=O) groups is 8. The summed E-state index contributed by atoms with van der Waals surface area (Å²) in [6, 6.07) is -8.08. The summed E-state index contributed by atoms with van der Waals surface area (Å²) in [7, 11) is 0. The van der Waals surface area contributed by atoms with Crippen molar-refractivity contribution >= 4 is 53.4 Å². The van der Waals surface area contributed by atoms with Gasteiger partial charge in [-0.1, -0.05) is 41.5 Å². The number of amides is 5. The zero-order chi connectivity index (χ0) is 41.0. The normalized spacial score (nSPS) is 14.5. The van der Waals surface area contributed by atoms with Gasteiger partial charge in [-0.15, -0.1) is 0 Å². The van der Waals surface area contributed by atoms with Crippen LogP contribution in [0.15, 0.2) is 4.99 Å². The van der Waals surface area contributed by atoms with Gasteiger partial charge in [-0.3, -0.25) is 38.6 Å². The summed E-state index contributed by atoms with van der Waals surface area (Å²) in [6.45, 7) is 10.7. The number of guanidine groups is 1. The molecule has 302 valence electrons. The van der Waals surface area contributed by atoms with Gasteiger partial charge in [-0.05, 0) is 56.3 Å². The van der Waals surface area contributed by atoms with Crippen LogP contribution in [0.5, 0.6) is 0 Å². The van der Waals surface area contributed by atoms with E-state index >= 15 is 0 Å².